The molecular weight excluding hydrogens is 396 g/mol. The average molecular weight is 427 g/mol. The molecule has 0 radical (unpaired) electrons. The van der Waals surface area contributed by atoms with Crippen LogP contribution in [0, 0.1) is 0 Å². The summed E-state index contributed by atoms with van der Waals surface area (Å²) in [6.07, 6.45) is 4.35. The van der Waals surface area contributed by atoms with Crippen LogP contribution < -0.4 is 10.1 Å². The van der Waals surface area contributed by atoms with Gasteiger partial charge < -0.3 is 15.0 Å². The second-order valence-electron chi connectivity index (χ2n) is 7.64. The molecule has 0 saturated heterocycles. The first-order valence-electron chi connectivity index (χ1n) is 10.5. The molecule has 0 heterocycles. The number of ether oxygens (including phenoxy) is 1. The van der Waals surface area contributed by atoms with Crippen LogP contribution in [-0.4, -0.2) is 41.7 Å². The monoisotopic (exact) mass is 426 g/mol. The van der Waals surface area contributed by atoms with Crippen molar-refractivity contribution in [2.75, 3.05) is 12.9 Å². The molecule has 2 aromatic rings. The Morgan fingerprint density at radius 1 is 1.10 bits per heavy atom. The summed E-state index contributed by atoms with van der Waals surface area (Å²) in [5.41, 5.74) is 0.967. The summed E-state index contributed by atoms with van der Waals surface area (Å²) in [6.45, 7) is 2.20. The van der Waals surface area contributed by atoms with E-state index in [9.17, 15) is 9.59 Å². The Hall–Kier alpha value is -2.47. The number of thioether (sulfide) groups is 1. The summed E-state index contributed by atoms with van der Waals surface area (Å²) in [7, 11) is 1.63. The van der Waals surface area contributed by atoms with Crippen molar-refractivity contribution < 1.29 is 14.3 Å². The van der Waals surface area contributed by atoms with E-state index in [-0.39, 0.29) is 17.9 Å². The van der Waals surface area contributed by atoms with Crippen molar-refractivity contribution in [3.63, 3.8) is 0 Å². The predicted molar refractivity (Wildman–Crippen MR) is 121 cm³/mol. The van der Waals surface area contributed by atoms with Gasteiger partial charge in [-0.25, -0.2) is 0 Å². The number of carbonyl (C=O) groups is 2. The first-order valence-corrected chi connectivity index (χ1v) is 11.5. The van der Waals surface area contributed by atoms with E-state index in [1.54, 1.807) is 12.0 Å². The first kappa shape index (κ1) is 22.2. The third kappa shape index (κ3) is 6.26. The van der Waals surface area contributed by atoms with Gasteiger partial charge >= 0.3 is 0 Å². The fourth-order valence-electron chi connectivity index (χ4n) is 3.65. The minimum atomic E-state index is -0.531. The standard InChI is InChI=1S/C24H30N2O3S/c1-18(24(28)25-20-8-6-7-9-20)26(16-19-12-14-21(29-2)15-13-19)23(27)17-30-22-10-4-3-5-11-22/h3-5,10-15,18,20H,6-9,16-17H2,1-2H3,(H,25,28). The minimum absolute atomic E-state index is 0.0475. The van der Waals surface area contributed by atoms with Crippen molar-refractivity contribution in [1.29, 1.82) is 0 Å². The first-order chi connectivity index (χ1) is 14.6. The van der Waals surface area contributed by atoms with Crippen LogP contribution in [0.15, 0.2) is 59.5 Å². The maximum Gasteiger partial charge on any atom is 0.242 e. The second kappa shape index (κ2) is 11.1. The zero-order valence-electron chi connectivity index (χ0n) is 17.7. The van der Waals surface area contributed by atoms with E-state index in [2.05, 4.69) is 5.32 Å². The van der Waals surface area contributed by atoms with Gasteiger partial charge in [-0.15, -0.1) is 11.8 Å². The lowest BCUT2D eigenvalue weighted by atomic mass is 10.1. The van der Waals surface area contributed by atoms with E-state index >= 15 is 0 Å². The molecule has 1 aliphatic carbocycles. The molecule has 0 aromatic heterocycles. The lowest BCUT2D eigenvalue weighted by Gasteiger charge is -2.29. The van der Waals surface area contributed by atoms with Gasteiger partial charge in [0.2, 0.25) is 11.8 Å². The van der Waals surface area contributed by atoms with Crippen LogP contribution in [0.2, 0.25) is 0 Å². The van der Waals surface area contributed by atoms with Gasteiger partial charge in [0.1, 0.15) is 11.8 Å². The number of amides is 2. The molecular formula is C24H30N2O3S. The molecule has 0 bridgehead atoms. The van der Waals surface area contributed by atoms with Crippen LogP contribution in [0.5, 0.6) is 5.75 Å². The van der Waals surface area contributed by atoms with Gasteiger partial charge in [-0.2, -0.15) is 0 Å². The summed E-state index contributed by atoms with van der Waals surface area (Å²) in [4.78, 5) is 28.7. The highest BCUT2D eigenvalue weighted by Crippen LogP contribution is 2.21. The Kier molecular flexibility index (Phi) is 8.20. The molecule has 6 heteroatoms. The number of nitrogens with zero attached hydrogens (tertiary/aromatic N) is 1. The molecule has 3 rings (SSSR count). The summed E-state index contributed by atoms with van der Waals surface area (Å²) in [5.74, 6) is 0.937. The van der Waals surface area contributed by atoms with E-state index in [1.807, 2.05) is 61.5 Å². The maximum absolute atomic E-state index is 13.1. The van der Waals surface area contributed by atoms with Gasteiger partial charge in [0, 0.05) is 17.5 Å². The average Bonchev–Trinajstić information content (AvgIpc) is 3.29. The van der Waals surface area contributed by atoms with Gasteiger partial charge in [-0.1, -0.05) is 43.2 Å². The number of carbonyl (C=O) groups excluding carboxylic acids is 2. The molecule has 1 saturated carbocycles. The lowest BCUT2D eigenvalue weighted by Crippen LogP contribution is -2.50. The molecule has 160 valence electrons. The zero-order chi connectivity index (χ0) is 21.3. The third-order valence-electron chi connectivity index (χ3n) is 5.49. The minimum Gasteiger partial charge on any atom is -0.497 e. The van der Waals surface area contributed by atoms with Gasteiger partial charge in [-0.3, -0.25) is 9.59 Å². The molecule has 1 atom stereocenters. The molecule has 1 unspecified atom stereocenters. The molecule has 1 fully saturated rings. The Morgan fingerprint density at radius 3 is 2.40 bits per heavy atom. The molecule has 1 N–H and O–H groups in total. The van der Waals surface area contributed by atoms with Gasteiger partial charge in [0.15, 0.2) is 0 Å². The number of nitrogens with one attached hydrogen (secondary N) is 1. The number of benzene rings is 2. The number of hydrogen-bond acceptors (Lipinski definition) is 4. The SMILES string of the molecule is COc1ccc(CN(C(=O)CSc2ccccc2)C(C)C(=O)NC2CCCC2)cc1. The van der Waals surface area contributed by atoms with Crippen LogP contribution >= 0.6 is 11.8 Å². The van der Waals surface area contributed by atoms with Gasteiger partial charge in [0.05, 0.1) is 12.9 Å². The Morgan fingerprint density at radius 2 is 1.77 bits per heavy atom. The van der Waals surface area contributed by atoms with E-state index in [1.165, 1.54) is 11.8 Å². The smallest absolute Gasteiger partial charge is 0.242 e. The van der Waals surface area contributed by atoms with E-state index in [4.69, 9.17) is 4.74 Å². The Bertz CT molecular complexity index is 820. The quantitative estimate of drug-likeness (QED) is 0.609. The van der Waals surface area contributed by atoms with Crippen LogP contribution in [0.3, 0.4) is 0 Å². The van der Waals surface area contributed by atoms with Crippen molar-refractivity contribution in [3.05, 3.63) is 60.2 Å². The number of methoxy groups -OCH3 is 1. The molecule has 0 aliphatic heterocycles. The molecule has 2 amide bonds. The van der Waals surface area contributed by atoms with Gasteiger partial charge in [-0.05, 0) is 49.6 Å². The Labute approximate surface area is 183 Å². The summed E-state index contributed by atoms with van der Waals surface area (Å²) >= 11 is 1.49. The topological polar surface area (TPSA) is 58.6 Å². The lowest BCUT2D eigenvalue weighted by molar-refractivity contribution is -0.138. The van der Waals surface area contributed by atoms with Crippen molar-refractivity contribution in [3.8, 4) is 5.75 Å². The van der Waals surface area contributed by atoms with E-state index in [0.717, 1.165) is 41.9 Å². The highest BCUT2D eigenvalue weighted by atomic mass is 32.2. The van der Waals surface area contributed by atoms with E-state index < -0.39 is 6.04 Å². The molecule has 1 aliphatic rings. The Balaban J connectivity index is 1.70. The molecule has 2 aromatic carbocycles. The highest BCUT2D eigenvalue weighted by Gasteiger charge is 2.28. The summed E-state index contributed by atoms with van der Waals surface area (Å²) < 4.78 is 5.22. The van der Waals surface area contributed by atoms with E-state index in [0.29, 0.717) is 12.3 Å². The number of rotatable bonds is 9. The third-order valence-corrected chi connectivity index (χ3v) is 6.48. The maximum atomic E-state index is 13.1. The normalized spacial score (nSPS) is 14.9. The van der Waals surface area contributed by atoms with Gasteiger partial charge in [0.25, 0.3) is 0 Å². The fraction of sp³-hybridized carbons (Fsp3) is 0.417. The van der Waals surface area contributed by atoms with Crippen LogP contribution in [0.4, 0.5) is 0 Å². The predicted octanol–water partition coefficient (Wildman–Crippen LogP) is 4.26. The van der Waals surface area contributed by atoms with Crippen LogP contribution in [0.1, 0.15) is 38.2 Å². The van der Waals surface area contributed by atoms with Crippen molar-refractivity contribution in [2.45, 2.75) is 56.1 Å². The highest BCUT2D eigenvalue weighted by molar-refractivity contribution is 8.00. The number of hydrogen-bond donors (Lipinski definition) is 1. The van der Waals surface area contributed by atoms with Crippen LogP contribution in [-0.2, 0) is 16.1 Å². The zero-order valence-corrected chi connectivity index (χ0v) is 18.5. The summed E-state index contributed by atoms with van der Waals surface area (Å²) in [5, 5.41) is 3.13. The van der Waals surface area contributed by atoms with Crippen LogP contribution in [0.25, 0.3) is 0 Å². The molecule has 0 spiro atoms. The molecule has 30 heavy (non-hydrogen) atoms. The summed E-state index contributed by atoms with van der Waals surface area (Å²) in [6, 6.07) is 17.2. The van der Waals surface area contributed by atoms with Crippen molar-refractivity contribution >= 4 is 23.6 Å². The van der Waals surface area contributed by atoms with Crippen molar-refractivity contribution in [2.24, 2.45) is 0 Å². The second-order valence-corrected chi connectivity index (χ2v) is 8.69. The van der Waals surface area contributed by atoms with Crippen molar-refractivity contribution in [1.82, 2.24) is 10.2 Å². The fourth-order valence-corrected chi connectivity index (χ4v) is 4.45. The largest absolute Gasteiger partial charge is 0.497 e. The molecule has 5 nitrogen and oxygen atoms in total.